The first-order valence-corrected chi connectivity index (χ1v) is 22.4. The zero-order chi connectivity index (χ0) is 46.6. The van der Waals surface area contributed by atoms with Crippen molar-refractivity contribution in [2.24, 2.45) is 0 Å². The van der Waals surface area contributed by atoms with Gasteiger partial charge < -0.3 is 8.98 Å². The Morgan fingerprint density at radius 2 is 1.54 bits per heavy atom. The summed E-state index contributed by atoms with van der Waals surface area (Å²) in [5.74, 6) is 5.01. The quantitative estimate of drug-likeness (QED) is 0.0636. The molecule has 6 aromatic rings. The molecule has 0 saturated heterocycles. The summed E-state index contributed by atoms with van der Waals surface area (Å²) >= 11 is 1.65. The fourth-order valence-electron chi connectivity index (χ4n) is 7.70. The van der Waals surface area contributed by atoms with E-state index in [0.29, 0.717) is 23.2 Å². The minimum absolute atomic E-state index is 0.526. The van der Waals surface area contributed by atoms with Crippen molar-refractivity contribution in [1.29, 1.82) is 0 Å². The molecule has 1 radical (unpaired) electrons. The van der Waals surface area contributed by atoms with E-state index < -0.39 is 0 Å². The minimum Gasteiger partial charge on any atom is -0.455 e. The van der Waals surface area contributed by atoms with Gasteiger partial charge in [-0.3, -0.25) is 0 Å². The molecule has 0 fully saturated rings. The Kier molecular flexibility index (Phi) is 15.8. The number of furan rings is 1. The lowest BCUT2D eigenvalue weighted by molar-refractivity contribution is 0.543. The van der Waals surface area contributed by atoms with E-state index in [1.54, 1.807) is 29.6 Å². The number of allylic oxidation sites excluding steroid dienone is 15. The van der Waals surface area contributed by atoms with Crippen LogP contribution in [-0.4, -0.2) is 31.8 Å². The molecule has 65 heavy (non-hydrogen) atoms. The molecule has 0 spiro atoms. The average molecular weight is 869 g/mol. The van der Waals surface area contributed by atoms with Crippen LogP contribution in [0.2, 0.25) is 6.82 Å². The smallest absolute Gasteiger partial charge is 0.164 e. The van der Waals surface area contributed by atoms with E-state index in [9.17, 15) is 0 Å². The van der Waals surface area contributed by atoms with E-state index >= 15 is 0 Å². The number of hydrogen-bond acceptors (Lipinski definition) is 6. The third kappa shape index (κ3) is 9.89. The normalized spacial score (nSPS) is 13.0. The first-order valence-electron chi connectivity index (χ1n) is 21.6. The summed E-state index contributed by atoms with van der Waals surface area (Å²) < 4.78 is 9.81. The van der Waals surface area contributed by atoms with Crippen molar-refractivity contribution in [3.63, 3.8) is 0 Å². The lowest BCUT2D eigenvalue weighted by atomic mass is 9.80. The molecule has 0 aliphatic heterocycles. The van der Waals surface area contributed by atoms with E-state index in [4.69, 9.17) is 24.4 Å². The third-order valence-corrected chi connectivity index (χ3v) is 11.9. The van der Waals surface area contributed by atoms with Gasteiger partial charge in [0, 0.05) is 56.0 Å². The van der Waals surface area contributed by atoms with Gasteiger partial charge in [0.1, 0.15) is 23.8 Å². The monoisotopic (exact) mass is 868 g/mol. The molecule has 8 heteroatoms. The molecule has 323 valence electrons. The second-order valence-electron chi connectivity index (χ2n) is 14.8. The Morgan fingerprint density at radius 1 is 0.769 bits per heavy atom. The topological polar surface area (TPSA) is 69.6 Å². The molecule has 0 amide bonds. The third-order valence-electron chi connectivity index (χ3n) is 10.8. The van der Waals surface area contributed by atoms with Gasteiger partial charge in [0.2, 0.25) is 0 Å². The summed E-state index contributed by atoms with van der Waals surface area (Å²) in [5, 5.41) is 0.908. The van der Waals surface area contributed by atoms with Crippen LogP contribution in [0, 0.1) is 13.8 Å². The Balaban J connectivity index is 1.44. The Hall–Kier alpha value is -7.42. The number of fused-ring (bicyclic) bond motifs is 1. The van der Waals surface area contributed by atoms with Crippen LogP contribution in [-0.2, 0) is 0 Å². The van der Waals surface area contributed by atoms with Gasteiger partial charge in [-0.2, -0.15) is 0 Å². The molecular formula is C57H55BN5OS. The van der Waals surface area contributed by atoms with Crippen molar-refractivity contribution in [2.45, 2.75) is 48.4 Å². The van der Waals surface area contributed by atoms with Crippen LogP contribution in [0.1, 0.15) is 84.5 Å². The molecule has 6 rings (SSSR count). The minimum atomic E-state index is 0.526. The number of nitrogens with zero attached hydrogens (tertiary/aromatic N) is 5. The zero-order valence-electron chi connectivity index (χ0n) is 38.5. The molecule has 0 saturated carbocycles. The molecular weight excluding hydrogens is 814 g/mol. The number of rotatable bonds is 18. The van der Waals surface area contributed by atoms with Crippen LogP contribution in [0.15, 0.2) is 158 Å². The summed E-state index contributed by atoms with van der Waals surface area (Å²) in [5.41, 5.74) is 13.5. The van der Waals surface area contributed by atoms with Crippen molar-refractivity contribution in [1.82, 2.24) is 24.5 Å². The van der Waals surface area contributed by atoms with E-state index in [1.807, 2.05) is 109 Å². The van der Waals surface area contributed by atoms with Crippen LogP contribution in [0.5, 0.6) is 0 Å². The summed E-state index contributed by atoms with van der Waals surface area (Å²) in [4.78, 5) is 20.0. The summed E-state index contributed by atoms with van der Waals surface area (Å²) in [6.45, 7) is 34.6. The Labute approximate surface area is 389 Å². The lowest BCUT2D eigenvalue weighted by Crippen LogP contribution is -2.04. The molecule has 0 unspecified atom stereocenters. The van der Waals surface area contributed by atoms with Crippen molar-refractivity contribution in [3.8, 4) is 27.6 Å². The lowest BCUT2D eigenvalue weighted by Gasteiger charge is -2.12. The molecule has 0 atom stereocenters. The molecule has 6 nitrogen and oxygen atoms in total. The fourth-order valence-corrected chi connectivity index (χ4v) is 8.64. The van der Waals surface area contributed by atoms with E-state index in [0.717, 1.165) is 93.7 Å². The zero-order valence-corrected chi connectivity index (χ0v) is 39.3. The van der Waals surface area contributed by atoms with Gasteiger partial charge in [0.15, 0.2) is 17.5 Å². The van der Waals surface area contributed by atoms with Gasteiger partial charge in [0.05, 0.1) is 10.2 Å². The predicted molar refractivity (Wildman–Crippen MR) is 285 cm³/mol. The number of thiazole rings is 1. The highest BCUT2D eigenvalue weighted by Crippen LogP contribution is 2.39. The van der Waals surface area contributed by atoms with E-state index in [1.165, 1.54) is 0 Å². The molecule has 4 heterocycles. The van der Waals surface area contributed by atoms with Gasteiger partial charge in [-0.15, -0.1) is 17.3 Å². The SMILES string of the molecule is C=C/C=C\C(=C/[B]C)c1nc(/C(C=C)=C/C=C\C)nc(-c2ccc3sc(-c4cccc(-n5c(C)c(/C=C(C=C)/C(=C/C)c6oc(C=C)c(/C=C\C)c6C=C)c(C)c5/C=C\C)c4)nc3c2)n1. The first-order chi connectivity index (χ1) is 31.6. The molecule has 0 aliphatic rings. The molecule has 0 aliphatic carbocycles. The second-order valence-corrected chi connectivity index (χ2v) is 15.9. The summed E-state index contributed by atoms with van der Waals surface area (Å²) in [6, 6.07) is 14.8. The van der Waals surface area contributed by atoms with Crippen LogP contribution in [0.25, 0.3) is 85.0 Å². The predicted octanol–water partition coefficient (Wildman–Crippen LogP) is 15.8. The van der Waals surface area contributed by atoms with Crippen LogP contribution >= 0.6 is 11.3 Å². The molecule has 0 N–H and O–H groups in total. The van der Waals surface area contributed by atoms with Gasteiger partial charge >= 0.3 is 0 Å². The van der Waals surface area contributed by atoms with E-state index in [-0.39, 0.29) is 0 Å². The second kappa shape index (κ2) is 21.8. The van der Waals surface area contributed by atoms with E-state index in [2.05, 4.69) is 112 Å². The number of aromatic nitrogens is 5. The van der Waals surface area contributed by atoms with Crippen molar-refractivity contribution >= 4 is 75.9 Å². The van der Waals surface area contributed by atoms with Crippen LogP contribution in [0.3, 0.4) is 0 Å². The molecule has 4 aromatic heterocycles. The van der Waals surface area contributed by atoms with Crippen LogP contribution < -0.4 is 0 Å². The number of hydrogen-bond donors (Lipinski definition) is 0. The first kappa shape index (κ1) is 47.1. The molecule has 0 bridgehead atoms. The summed E-state index contributed by atoms with van der Waals surface area (Å²) in [7, 11) is 1.96. The van der Waals surface area contributed by atoms with Gasteiger partial charge in [-0.25, -0.2) is 19.9 Å². The maximum Gasteiger partial charge on any atom is 0.164 e. The molecule has 2 aromatic carbocycles. The van der Waals surface area contributed by atoms with Gasteiger partial charge in [-0.1, -0.05) is 131 Å². The Morgan fingerprint density at radius 3 is 2.18 bits per heavy atom. The summed E-state index contributed by atoms with van der Waals surface area (Å²) in [6.07, 6.45) is 31.2. The maximum absolute atomic E-state index is 6.43. The largest absolute Gasteiger partial charge is 0.455 e. The Bertz CT molecular complexity index is 3070. The highest BCUT2D eigenvalue weighted by Gasteiger charge is 2.22. The van der Waals surface area contributed by atoms with Crippen molar-refractivity contribution < 1.29 is 4.42 Å². The highest BCUT2D eigenvalue weighted by atomic mass is 32.1. The van der Waals surface area contributed by atoms with Gasteiger partial charge in [0.25, 0.3) is 0 Å². The standard InChI is InChI=1S/C57H55BN5OS/c1-13-22-27-39(17-5)54-60-55(62-56(61-54)43(36-58-12)28-23-14-2)41-31-32-52-49(35-41)59-57(65-52)42-29-24-30-44(33-42)63-38(11)48(37(10)50(63)26-16-4)34-40(18-6)45(19-7)53-46(20-8)47(25-15-3)51(21-9)64-53/h13-36H,2,5-6,8-9H2,1,3-4,7,10-12H3/b22-13-,25-15-,26-16-,28-23-,39-27+,40-34+,43-36+,45-19-. The van der Waals surface area contributed by atoms with Gasteiger partial charge in [-0.05, 0) is 107 Å². The fraction of sp³-hybridized carbons (Fsp3) is 0.123. The maximum atomic E-state index is 6.43. The van der Waals surface area contributed by atoms with Crippen molar-refractivity contribution in [3.05, 3.63) is 211 Å². The highest BCUT2D eigenvalue weighted by molar-refractivity contribution is 7.21. The van der Waals surface area contributed by atoms with Crippen LogP contribution in [0.4, 0.5) is 0 Å². The number of benzene rings is 2. The average Bonchev–Trinajstić information content (AvgIpc) is 3.98. The van der Waals surface area contributed by atoms with Crippen molar-refractivity contribution in [2.75, 3.05) is 0 Å².